The number of aliphatic carboxylic acids is 1. The molecular formula is C10H10N2O3. The monoisotopic (exact) mass is 206 g/mol. The number of nitrogens with zero attached hydrogens (tertiary/aromatic N) is 2. The van der Waals surface area contributed by atoms with E-state index in [1.807, 2.05) is 0 Å². The number of hydrogen-bond acceptors (Lipinski definition) is 4. The third-order valence-corrected chi connectivity index (χ3v) is 2.11. The molecule has 0 spiro atoms. The summed E-state index contributed by atoms with van der Waals surface area (Å²) in [4.78, 5) is 18.7. The van der Waals surface area contributed by atoms with Crippen molar-refractivity contribution in [1.29, 1.82) is 0 Å². The fourth-order valence-electron chi connectivity index (χ4n) is 1.25. The van der Waals surface area contributed by atoms with Gasteiger partial charge in [-0.3, -0.25) is 4.79 Å². The number of carboxylic acids is 1. The minimum absolute atomic E-state index is 0.283. The van der Waals surface area contributed by atoms with Gasteiger partial charge >= 0.3 is 5.97 Å². The first-order valence-electron chi connectivity index (χ1n) is 4.60. The predicted molar refractivity (Wildman–Crippen MR) is 52.3 cm³/mol. The molecule has 2 heterocycles. The Labute approximate surface area is 85.8 Å². The van der Waals surface area contributed by atoms with Crippen molar-refractivity contribution < 1.29 is 14.3 Å². The maximum Gasteiger partial charge on any atom is 0.306 e. The minimum atomic E-state index is -0.856. The molecule has 0 saturated heterocycles. The van der Waals surface area contributed by atoms with E-state index in [1.54, 1.807) is 25.3 Å². The van der Waals surface area contributed by atoms with Gasteiger partial charge in [-0.05, 0) is 12.1 Å². The van der Waals surface area contributed by atoms with Gasteiger partial charge in [0.1, 0.15) is 0 Å². The standard InChI is InChI=1S/C10H10N2O3/c1-6(10(13)14)5-8-12-9-7(15-8)3-2-4-11-9/h2-4,6H,5H2,1H3,(H,13,14). The van der Waals surface area contributed by atoms with Gasteiger partial charge in [-0.15, -0.1) is 0 Å². The molecule has 2 aromatic rings. The molecule has 1 N–H and O–H groups in total. The fourth-order valence-corrected chi connectivity index (χ4v) is 1.25. The Morgan fingerprint density at radius 3 is 3.13 bits per heavy atom. The second kappa shape index (κ2) is 3.68. The van der Waals surface area contributed by atoms with E-state index in [0.29, 0.717) is 17.1 Å². The van der Waals surface area contributed by atoms with Gasteiger partial charge in [-0.25, -0.2) is 4.98 Å². The van der Waals surface area contributed by atoms with Crippen LogP contribution >= 0.6 is 0 Å². The highest BCUT2D eigenvalue weighted by molar-refractivity contribution is 5.70. The largest absolute Gasteiger partial charge is 0.481 e. The third kappa shape index (κ3) is 1.96. The summed E-state index contributed by atoms with van der Waals surface area (Å²) in [6, 6.07) is 3.50. The van der Waals surface area contributed by atoms with Crippen LogP contribution in [0.15, 0.2) is 22.7 Å². The first-order valence-corrected chi connectivity index (χ1v) is 4.60. The van der Waals surface area contributed by atoms with Crippen LogP contribution in [0.5, 0.6) is 0 Å². The van der Waals surface area contributed by atoms with Crippen molar-refractivity contribution in [1.82, 2.24) is 9.97 Å². The van der Waals surface area contributed by atoms with Gasteiger partial charge < -0.3 is 9.52 Å². The van der Waals surface area contributed by atoms with Crippen LogP contribution in [0.4, 0.5) is 0 Å². The molecule has 5 nitrogen and oxygen atoms in total. The molecule has 2 rings (SSSR count). The first-order chi connectivity index (χ1) is 7.16. The lowest BCUT2D eigenvalue weighted by Crippen LogP contribution is -2.12. The molecule has 0 bridgehead atoms. The van der Waals surface area contributed by atoms with E-state index in [0.717, 1.165) is 0 Å². The molecule has 0 aromatic carbocycles. The van der Waals surface area contributed by atoms with Crippen molar-refractivity contribution in [3.05, 3.63) is 24.2 Å². The van der Waals surface area contributed by atoms with Crippen molar-refractivity contribution in [3.8, 4) is 0 Å². The molecule has 0 aliphatic rings. The van der Waals surface area contributed by atoms with Crippen LogP contribution in [0, 0.1) is 5.92 Å². The van der Waals surface area contributed by atoms with Gasteiger partial charge in [0.15, 0.2) is 17.1 Å². The molecule has 78 valence electrons. The summed E-state index contributed by atoms with van der Waals surface area (Å²) in [5, 5.41) is 8.73. The second-order valence-corrected chi connectivity index (χ2v) is 3.38. The summed E-state index contributed by atoms with van der Waals surface area (Å²) in [7, 11) is 0. The molecule has 5 heteroatoms. The van der Waals surface area contributed by atoms with Gasteiger partial charge in [-0.1, -0.05) is 6.92 Å². The van der Waals surface area contributed by atoms with E-state index in [2.05, 4.69) is 9.97 Å². The highest BCUT2D eigenvalue weighted by Crippen LogP contribution is 2.15. The zero-order valence-electron chi connectivity index (χ0n) is 8.17. The molecule has 2 aromatic heterocycles. The van der Waals surface area contributed by atoms with Gasteiger partial charge in [0.2, 0.25) is 0 Å². The first kappa shape index (κ1) is 9.64. The number of pyridine rings is 1. The predicted octanol–water partition coefficient (Wildman–Crippen LogP) is 1.49. The molecule has 0 aliphatic carbocycles. The Morgan fingerprint density at radius 2 is 2.47 bits per heavy atom. The summed E-state index contributed by atoms with van der Waals surface area (Å²) < 4.78 is 5.35. The van der Waals surface area contributed by atoms with E-state index < -0.39 is 11.9 Å². The number of oxazole rings is 1. The smallest absolute Gasteiger partial charge is 0.306 e. The number of hydrogen-bond donors (Lipinski definition) is 1. The lowest BCUT2D eigenvalue weighted by molar-refractivity contribution is -0.141. The summed E-state index contributed by atoms with van der Waals surface area (Å²) in [6.45, 7) is 1.62. The highest BCUT2D eigenvalue weighted by Gasteiger charge is 2.15. The van der Waals surface area contributed by atoms with Crippen LogP contribution in [0.3, 0.4) is 0 Å². The Hall–Kier alpha value is -1.91. The van der Waals surface area contributed by atoms with E-state index >= 15 is 0 Å². The molecule has 1 atom stereocenters. The Bertz CT molecular complexity index is 459. The quantitative estimate of drug-likeness (QED) is 0.823. The molecule has 0 aliphatic heterocycles. The topological polar surface area (TPSA) is 76.2 Å². The van der Waals surface area contributed by atoms with Crippen LogP contribution < -0.4 is 0 Å². The Morgan fingerprint density at radius 1 is 1.67 bits per heavy atom. The number of carboxylic acid groups (broad SMARTS) is 1. The molecule has 0 fully saturated rings. The van der Waals surface area contributed by atoms with E-state index in [4.69, 9.17) is 9.52 Å². The van der Waals surface area contributed by atoms with Gasteiger partial charge in [0.25, 0.3) is 0 Å². The van der Waals surface area contributed by atoms with Crippen LogP contribution in [0.1, 0.15) is 12.8 Å². The summed E-state index contributed by atoms with van der Waals surface area (Å²) in [6.07, 6.45) is 1.90. The molecule has 1 unspecified atom stereocenters. The van der Waals surface area contributed by atoms with Crippen LogP contribution in [0.25, 0.3) is 11.2 Å². The Balaban J connectivity index is 2.26. The highest BCUT2D eigenvalue weighted by atomic mass is 16.4. The summed E-state index contributed by atoms with van der Waals surface area (Å²) in [5.41, 5.74) is 1.11. The van der Waals surface area contributed by atoms with Crippen molar-refractivity contribution in [2.24, 2.45) is 5.92 Å². The molecule has 0 radical (unpaired) electrons. The normalized spacial score (nSPS) is 12.9. The maximum absolute atomic E-state index is 10.6. The summed E-state index contributed by atoms with van der Waals surface area (Å²) in [5.74, 6) is -0.943. The average molecular weight is 206 g/mol. The number of rotatable bonds is 3. The van der Waals surface area contributed by atoms with E-state index in [1.165, 1.54) is 0 Å². The lowest BCUT2D eigenvalue weighted by Gasteiger charge is -2.00. The van der Waals surface area contributed by atoms with Crippen molar-refractivity contribution in [3.63, 3.8) is 0 Å². The molecule has 0 saturated carbocycles. The van der Waals surface area contributed by atoms with E-state index in [-0.39, 0.29) is 6.42 Å². The van der Waals surface area contributed by atoms with Gasteiger partial charge in [0, 0.05) is 12.6 Å². The van der Waals surface area contributed by atoms with Gasteiger partial charge in [-0.2, -0.15) is 4.98 Å². The molecule has 0 amide bonds. The third-order valence-electron chi connectivity index (χ3n) is 2.11. The van der Waals surface area contributed by atoms with Crippen LogP contribution in [0.2, 0.25) is 0 Å². The van der Waals surface area contributed by atoms with Crippen LogP contribution in [-0.2, 0) is 11.2 Å². The number of carbonyl (C=O) groups is 1. The van der Waals surface area contributed by atoms with Crippen molar-refractivity contribution in [2.45, 2.75) is 13.3 Å². The van der Waals surface area contributed by atoms with Crippen molar-refractivity contribution in [2.75, 3.05) is 0 Å². The second-order valence-electron chi connectivity index (χ2n) is 3.38. The molecular weight excluding hydrogens is 196 g/mol. The maximum atomic E-state index is 10.6. The number of fused-ring (bicyclic) bond motifs is 1. The fraction of sp³-hybridized carbons (Fsp3) is 0.300. The minimum Gasteiger partial charge on any atom is -0.481 e. The SMILES string of the molecule is CC(Cc1nc2ncccc2o1)C(=O)O. The average Bonchev–Trinajstić information content (AvgIpc) is 2.59. The zero-order chi connectivity index (χ0) is 10.8. The zero-order valence-corrected chi connectivity index (χ0v) is 8.17. The van der Waals surface area contributed by atoms with Crippen molar-refractivity contribution >= 4 is 17.2 Å². The number of aromatic nitrogens is 2. The van der Waals surface area contributed by atoms with E-state index in [9.17, 15) is 4.79 Å². The van der Waals surface area contributed by atoms with Crippen LogP contribution in [-0.4, -0.2) is 21.0 Å². The lowest BCUT2D eigenvalue weighted by atomic mass is 10.1. The van der Waals surface area contributed by atoms with Gasteiger partial charge in [0.05, 0.1) is 5.92 Å². The Kier molecular flexibility index (Phi) is 2.37. The molecule has 15 heavy (non-hydrogen) atoms. The summed E-state index contributed by atoms with van der Waals surface area (Å²) >= 11 is 0.